The van der Waals surface area contributed by atoms with Gasteiger partial charge in [-0.1, -0.05) is 13.8 Å². The van der Waals surface area contributed by atoms with Gasteiger partial charge >= 0.3 is 0 Å². The third-order valence-corrected chi connectivity index (χ3v) is 2.61. The van der Waals surface area contributed by atoms with Gasteiger partial charge in [0.2, 0.25) is 5.91 Å². The topological polar surface area (TPSA) is 40.5 Å². The summed E-state index contributed by atoms with van der Waals surface area (Å²) in [4.78, 5) is 13.5. The van der Waals surface area contributed by atoms with Gasteiger partial charge in [0.25, 0.3) is 0 Å². The Morgan fingerprint density at radius 2 is 2.23 bits per heavy atom. The number of likely N-dealkylation sites (tertiary alicyclic amines) is 1. The quantitative estimate of drug-likeness (QED) is 0.697. The van der Waals surface area contributed by atoms with E-state index in [4.69, 9.17) is 5.11 Å². The Hall–Kier alpha value is -0.570. The van der Waals surface area contributed by atoms with Gasteiger partial charge in [-0.2, -0.15) is 0 Å². The normalized spacial score (nSPS) is 23.7. The second kappa shape index (κ2) is 4.61. The lowest BCUT2D eigenvalue weighted by molar-refractivity contribution is -0.139. The molecule has 1 heterocycles. The van der Waals surface area contributed by atoms with Crippen molar-refractivity contribution in [2.45, 2.75) is 39.2 Å². The van der Waals surface area contributed by atoms with Gasteiger partial charge in [-0.15, -0.1) is 0 Å². The number of carbonyl (C=O) groups is 1. The SMILES string of the molecule is CC(C)C(=O)N1CCCC[C@@H]1CO. The van der Waals surface area contributed by atoms with Crippen LogP contribution in [0.15, 0.2) is 0 Å². The summed E-state index contributed by atoms with van der Waals surface area (Å²) in [5, 5.41) is 9.10. The lowest BCUT2D eigenvalue weighted by atomic mass is 10.0. The summed E-state index contributed by atoms with van der Waals surface area (Å²) in [5.74, 6) is 0.228. The molecule has 1 amide bonds. The fourth-order valence-corrected chi connectivity index (χ4v) is 1.81. The largest absolute Gasteiger partial charge is 0.394 e. The van der Waals surface area contributed by atoms with E-state index in [0.29, 0.717) is 0 Å². The summed E-state index contributed by atoms with van der Waals surface area (Å²) in [6.45, 7) is 4.75. The van der Waals surface area contributed by atoms with E-state index >= 15 is 0 Å². The van der Waals surface area contributed by atoms with Gasteiger partial charge in [0.1, 0.15) is 0 Å². The molecule has 0 radical (unpaired) electrons. The van der Waals surface area contributed by atoms with Gasteiger partial charge < -0.3 is 10.0 Å². The van der Waals surface area contributed by atoms with Crippen LogP contribution in [-0.4, -0.2) is 35.1 Å². The summed E-state index contributed by atoms with van der Waals surface area (Å²) < 4.78 is 0. The molecular formula is C10H19NO2. The maximum absolute atomic E-state index is 11.7. The Bertz CT molecular complexity index is 180. The molecule has 0 spiro atoms. The molecule has 0 unspecified atom stereocenters. The number of aliphatic hydroxyl groups is 1. The van der Waals surface area contributed by atoms with Crippen LogP contribution in [0.5, 0.6) is 0 Å². The first kappa shape index (κ1) is 10.5. The number of piperidine rings is 1. The Balaban J connectivity index is 2.58. The molecule has 1 atom stereocenters. The van der Waals surface area contributed by atoms with Gasteiger partial charge in [-0.25, -0.2) is 0 Å². The van der Waals surface area contributed by atoms with E-state index in [-0.39, 0.29) is 24.5 Å². The summed E-state index contributed by atoms with van der Waals surface area (Å²) in [6, 6.07) is 0.0728. The highest BCUT2D eigenvalue weighted by atomic mass is 16.3. The number of hydrogen-bond acceptors (Lipinski definition) is 2. The highest BCUT2D eigenvalue weighted by Crippen LogP contribution is 2.18. The summed E-state index contributed by atoms with van der Waals surface area (Å²) >= 11 is 0. The molecule has 13 heavy (non-hydrogen) atoms. The van der Waals surface area contributed by atoms with E-state index in [1.807, 2.05) is 18.7 Å². The third-order valence-electron chi connectivity index (χ3n) is 2.61. The summed E-state index contributed by atoms with van der Waals surface area (Å²) in [6.07, 6.45) is 3.16. The van der Waals surface area contributed by atoms with Crippen molar-refractivity contribution >= 4 is 5.91 Å². The third kappa shape index (κ3) is 2.44. The first-order chi connectivity index (χ1) is 6.16. The number of hydrogen-bond donors (Lipinski definition) is 1. The molecule has 0 saturated carbocycles. The maximum Gasteiger partial charge on any atom is 0.225 e. The van der Waals surface area contributed by atoms with Crippen LogP contribution < -0.4 is 0 Å². The molecule has 0 bridgehead atoms. The van der Waals surface area contributed by atoms with E-state index in [1.54, 1.807) is 0 Å². The zero-order valence-electron chi connectivity index (χ0n) is 8.49. The Morgan fingerprint density at radius 3 is 2.77 bits per heavy atom. The first-order valence-electron chi connectivity index (χ1n) is 5.08. The molecule has 0 aromatic heterocycles. The predicted molar refractivity (Wildman–Crippen MR) is 51.3 cm³/mol. The second-order valence-electron chi connectivity index (χ2n) is 4.02. The predicted octanol–water partition coefficient (Wildman–Crippen LogP) is 1.02. The molecule has 1 N–H and O–H groups in total. The lowest BCUT2D eigenvalue weighted by Gasteiger charge is -2.35. The molecule has 0 aromatic carbocycles. The monoisotopic (exact) mass is 185 g/mol. The second-order valence-corrected chi connectivity index (χ2v) is 4.02. The van der Waals surface area contributed by atoms with Crippen molar-refractivity contribution in [3.05, 3.63) is 0 Å². The minimum absolute atomic E-state index is 0.0483. The van der Waals surface area contributed by atoms with Gasteiger partial charge in [0.05, 0.1) is 12.6 Å². The molecule has 1 fully saturated rings. The van der Waals surface area contributed by atoms with Gasteiger partial charge in [-0.05, 0) is 19.3 Å². The highest BCUT2D eigenvalue weighted by molar-refractivity contribution is 5.78. The van der Waals surface area contributed by atoms with Crippen molar-refractivity contribution in [1.82, 2.24) is 4.90 Å². The van der Waals surface area contributed by atoms with Crippen LogP contribution in [0.4, 0.5) is 0 Å². The van der Waals surface area contributed by atoms with Crippen molar-refractivity contribution in [2.24, 2.45) is 5.92 Å². The number of amides is 1. The standard InChI is InChI=1S/C10H19NO2/c1-8(2)10(13)11-6-4-3-5-9(11)7-12/h8-9,12H,3-7H2,1-2H3/t9-/m1/s1. The van der Waals surface area contributed by atoms with Crippen molar-refractivity contribution in [3.63, 3.8) is 0 Å². The number of aliphatic hydroxyl groups excluding tert-OH is 1. The van der Waals surface area contributed by atoms with Gasteiger partial charge in [0, 0.05) is 12.5 Å². The molecule has 0 aromatic rings. The number of rotatable bonds is 2. The van der Waals surface area contributed by atoms with Crippen LogP contribution in [0.25, 0.3) is 0 Å². The first-order valence-corrected chi connectivity index (χ1v) is 5.08. The molecule has 3 nitrogen and oxygen atoms in total. The number of nitrogens with zero attached hydrogens (tertiary/aromatic N) is 1. The van der Waals surface area contributed by atoms with Crippen LogP contribution in [0.2, 0.25) is 0 Å². The molecule has 0 aliphatic carbocycles. The van der Waals surface area contributed by atoms with Gasteiger partial charge in [0.15, 0.2) is 0 Å². The fourth-order valence-electron chi connectivity index (χ4n) is 1.81. The molecule has 3 heteroatoms. The average molecular weight is 185 g/mol. The van der Waals surface area contributed by atoms with E-state index < -0.39 is 0 Å². The van der Waals surface area contributed by atoms with E-state index in [1.165, 1.54) is 0 Å². The van der Waals surface area contributed by atoms with Crippen LogP contribution >= 0.6 is 0 Å². The van der Waals surface area contributed by atoms with Crippen LogP contribution in [-0.2, 0) is 4.79 Å². The minimum atomic E-state index is 0.0483. The van der Waals surface area contributed by atoms with Crippen LogP contribution in [0.3, 0.4) is 0 Å². The lowest BCUT2D eigenvalue weighted by Crippen LogP contribution is -2.47. The number of carbonyl (C=O) groups excluding carboxylic acids is 1. The van der Waals surface area contributed by atoms with E-state index in [0.717, 1.165) is 25.8 Å². The fraction of sp³-hybridized carbons (Fsp3) is 0.900. The van der Waals surface area contributed by atoms with Crippen molar-refractivity contribution in [3.8, 4) is 0 Å². The molecule has 76 valence electrons. The maximum atomic E-state index is 11.7. The minimum Gasteiger partial charge on any atom is -0.394 e. The van der Waals surface area contributed by atoms with E-state index in [9.17, 15) is 4.79 Å². The van der Waals surface area contributed by atoms with Crippen molar-refractivity contribution in [1.29, 1.82) is 0 Å². The Kier molecular flexibility index (Phi) is 3.72. The summed E-state index contributed by atoms with van der Waals surface area (Å²) in [7, 11) is 0. The zero-order valence-corrected chi connectivity index (χ0v) is 8.49. The van der Waals surface area contributed by atoms with E-state index in [2.05, 4.69) is 0 Å². The van der Waals surface area contributed by atoms with Crippen molar-refractivity contribution in [2.75, 3.05) is 13.2 Å². The van der Waals surface area contributed by atoms with Crippen LogP contribution in [0, 0.1) is 5.92 Å². The zero-order chi connectivity index (χ0) is 9.84. The summed E-state index contributed by atoms with van der Waals surface area (Å²) in [5.41, 5.74) is 0. The molecular weight excluding hydrogens is 166 g/mol. The molecule has 1 saturated heterocycles. The Labute approximate surface area is 79.7 Å². The van der Waals surface area contributed by atoms with Gasteiger partial charge in [-0.3, -0.25) is 4.79 Å². The van der Waals surface area contributed by atoms with Crippen LogP contribution in [0.1, 0.15) is 33.1 Å². The van der Waals surface area contributed by atoms with Crippen molar-refractivity contribution < 1.29 is 9.90 Å². The molecule has 1 aliphatic rings. The smallest absolute Gasteiger partial charge is 0.225 e. The Morgan fingerprint density at radius 1 is 1.54 bits per heavy atom. The molecule has 1 rings (SSSR count). The average Bonchev–Trinajstić information content (AvgIpc) is 2.16. The highest BCUT2D eigenvalue weighted by Gasteiger charge is 2.27. The molecule has 1 aliphatic heterocycles.